The predicted molar refractivity (Wildman–Crippen MR) is 48.9 cm³/mol. The van der Waals surface area contributed by atoms with E-state index < -0.39 is 0 Å². The molecule has 1 aromatic heterocycles. The third-order valence-corrected chi connectivity index (χ3v) is 1.64. The van der Waals surface area contributed by atoms with Gasteiger partial charge < -0.3 is 15.6 Å². The molecule has 1 aromatic rings. The fourth-order valence-corrected chi connectivity index (χ4v) is 1.09. The number of carbonyl (C=O) groups excluding carboxylic acids is 1. The maximum atomic E-state index is 10.9. The predicted octanol–water partition coefficient (Wildman–Crippen LogP) is -0.653. The summed E-state index contributed by atoms with van der Waals surface area (Å²) in [6.45, 7) is 2.67. The third kappa shape index (κ3) is 3.25. The Morgan fingerprint density at radius 3 is 3.08 bits per heavy atom. The molecule has 0 aromatic carbocycles. The third-order valence-electron chi connectivity index (χ3n) is 1.64. The number of amides is 1. The molecular formula is C8H14N4O. The van der Waals surface area contributed by atoms with E-state index in [1.165, 1.54) is 0 Å². The van der Waals surface area contributed by atoms with E-state index in [-0.39, 0.29) is 18.5 Å². The molecule has 1 unspecified atom stereocenters. The summed E-state index contributed by atoms with van der Waals surface area (Å²) in [6, 6.07) is 0.0743. The van der Waals surface area contributed by atoms with Crippen LogP contribution in [0.1, 0.15) is 6.92 Å². The number of rotatable bonds is 4. The largest absolute Gasteiger partial charge is 0.351 e. The van der Waals surface area contributed by atoms with Crippen LogP contribution in [-0.4, -0.2) is 28.0 Å². The quantitative estimate of drug-likeness (QED) is 0.649. The van der Waals surface area contributed by atoms with Gasteiger partial charge in [0.25, 0.3) is 0 Å². The summed E-state index contributed by atoms with van der Waals surface area (Å²) in [4.78, 5) is 14.8. The highest BCUT2D eigenvalue weighted by atomic mass is 16.1. The van der Waals surface area contributed by atoms with Crippen molar-refractivity contribution < 1.29 is 4.79 Å². The zero-order valence-corrected chi connectivity index (χ0v) is 7.60. The van der Waals surface area contributed by atoms with Gasteiger partial charge in [-0.15, -0.1) is 0 Å². The van der Waals surface area contributed by atoms with Crippen molar-refractivity contribution in [3.05, 3.63) is 18.7 Å². The minimum atomic E-state index is -0.132. The number of nitrogens with two attached hydrogens (primary N) is 1. The Morgan fingerprint density at radius 1 is 1.77 bits per heavy atom. The molecule has 0 fully saturated rings. The minimum absolute atomic E-state index is 0.0360. The second kappa shape index (κ2) is 4.61. The van der Waals surface area contributed by atoms with E-state index in [9.17, 15) is 4.79 Å². The smallest absolute Gasteiger partial charge is 0.234 e. The van der Waals surface area contributed by atoms with E-state index in [4.69, 9.17) is 5.73 Å². The Kier molecular flexibility index (Phi) is 3.45. The SMILES string of the molecule is CC(Cn1ccnc1)NC(=O)CN. The standard InChI is InChI=1S/C8H14N4O/c1-7(11-8(13)4-9)5-12-3-2-10-6-12/h2-3,6-7H,4-5,9H2,1H3,(H,11,13). The first-order valence-electron chi connectivity index (χ1n) is 4.17. The number of nitrogens with one attached hydrogen (secondary N) is 1. The zero-order chi connectivity index (χ0) is 9.68. The molecule has 0 saturated carbocycles. The van der Waals surface area contributed by atoms with Crippen LogP contribution in [0.25, 0.3) is 0 Å². The van der Waals surface area contributed by atoms with Gasteiger partial charge >= 0.3 is 0 Å². The lowest BCUT2D eigenvalue weighted by Gasteiger charge is -2.13. The second-order valence-electron chi connectivity index (χ2n) is 2.93. The number of hydrogen-bond acceptors (Lipinski definition) is 3. The number of aromatic nitrogens is 2. The molecule has 0 aliphatic rings. The molecule has 0 spiro atoms. The highest BCUT2D eigenvalue weighted by Gasteiger charge is 2.05. The lowest BCUT2D eigenvalue weighted by molar-refractivity contribution is -0.120. The molecule has 0 saturated heterocycles. The normalized spacial score (nSPS) is 12.5. The molecule has 0 bridgehead atoms. The van der Waals surface area contributed by atoms with Crippen molar-refractivity contribution in [2.24, 2.45) is 5.73 Å². The highest BCUT2D eigenvalue weighted by Crippen LogP contribution is 1.90. The Labute approximate surface area is 76.9 Å². The van der Waals surface area contributed by atoms with Crippen molar-refractivity contribution in [3.63, 3.8) is 0 Å². The molecule has 5 nitrogen and oxygen atoms in total. The number of nitrogens with zero attached hydrogens (tertiary/aromatic N) is 2. The van der Waals surface area contributed by atoms with Gasteiger partial charge in [-0.25, -0.2) is 4.98 Å². The lowest BCUT2D eigenvalue weighted by atomic mass is 10.3. The van der Waals surface area contributed by atoms with Gasteiger partial charge in [0.1, 0.15) is 0 Å². The van der Waals surface area contributed by atoms with E-state index in [0.29, 0.717) is 6.54 Å². The first kappa shape index (κ1) is 9.73. The van der Waals surface area contributed by atoms with E-state index in [1.54, 1.807) is 12.5 Å². The molecule has 0 radical (unpaired) electrons. The summed E-state index contributed by atoms with van der Waals surface area (Å²) in [5, 5.41) is 2.76. The van der Waals surface area contributed by atoms with E-state index in [1.807, 2.05) is 17.7 Å². The molecule has 1 amide bonds. The lowest BCUT2D eigenvalue weighted by Crippen LogP contribution is -2.39. The van der Waals surface area contributed by atoms with Crippen LogP contribution < -0.4 is 11.1 Å². The van der Waals surface area contributed by atoms with Crippen molar-refractivity contribution in [2.45, 2.75) is 19.5 Å². The summed E-state index contributed by atoms with van der Waals surface area (Å²) < 4.78 is 1.90. The van der Waals surface area contributed by atoms with Crippen LogP contribution in [0.15, 0.2) is 18.7 Å². The van der Waals surface area contributed by atoms with Gasteiger partial charge in [-0.1, -0.05) is 0 Å². The maximum absolute atomic E-state index is 10.9. The van der Waals surface area contributed by atoms with Gasteiger partial charge in [-0.2, -0.15) is 0 Å². The van der Waals surface area contributed by atoms with Crippen molar-refractivity contribution >= 4 is 5.91 Å². The molecule has 1 atom stereocenters. The number of imidazole rings is 1. The minimum Gasteiger partial charge on any atom is -0.351 e. The monoisotopic (exact) mass is 182 g/mol. The molecular weight excluding hydrogens is 168 g/mol. The molecule has 3 N–H and O–H groups in total. The average Bonchev–Trinajstić information content (AvgIpc) is 2.56. The van der Waals surface area contributed by atoms with Crippen molar-refractivity contribution in [1.29, 1.82) is 0 Å². The molecule has 72 valence electrons. The topological polar surface area (TPSA) is 72.9 Å². The highest BCUT2D eigenvalue weighted by molar-refractivity contribution is 5.77. The van der Waals surface area contributed by atoms with Gasteiger partial charge in [-0.05, 0) is 6.92 Å². The van der Waals surface area contributed by atoms with Gasteiger partial charge in [-0.3, -0.25) is 4.79 Å². The molecule has 1 heterocycles. The van der Waals surface area contributed by atoms with Crippen LogP contribution in [0.3, 0.4) is 0 Å². The number of hydrogen-bond donors (Lipinski definition) is 2. The van der Waals surface area contributed by atoms with Crippen LogP contribution in [0.4, 0.5) is 0 Å². The summed E-state index contributed by atoms with van der Waals surface area (Å²) in [5.41, 5.74) is 5.16. The van der Waals surface area contributed by atoms with Crippen LogP contribution in [0, 0.1) is 0 Å². The average molecular weight is 182 g/mol. The Hall–Kier alpha value is -1.36. The van der Waals surface area contributed by atoms with E-state index >= 15 is 0 Å². The molecule has 5 heteroatoms. The van der Waals surface area contributed by atoms with Crippen molar-refractivity contribution in [2.75, 3.05) is 6.54 Å². The van der Waals surface area contributed by atoms with E-state index in [2.05, 4.69) is 10.3 Å². The first-order valence-corrected chi connectivity index (χ1v) is 4.17. The summed E-state index contributed by atoms with van der Waals surface area (Å²) in [5.74, 6) is -0.132. The fourth-order valence-electron chi connectivity index (χ4n) is 1.09. The van der Waals surface area contributed by atoms with Gasteiger partial charge in [0.05, 0.1) is 12.9 Å². The first-order chi connectivity index (χ1) is 6.22. The molecule has 0 aliphatic carbocycles. The number of carbonyl (C=O) groups is 1. The Bertz CT molecular complexity index is 257. The van der Waals surface area contributed by atoms with Crippen molar-refractivity contribution in [3.8, 4) is 0 Å². The Morgan fingerprint density at radius 2 is 2.54 bits per heavy atom. The maximum Gasteiger partial charge on any atom is 0.234 e. The molecule has 13 heavy (non-hydrogen) atoms. The summed E-state index contributed by atoms with van der Waals surface area (Å²) in [7, 11) is 0. The van der Waals surface area contributed by atoms with Gasteiger partial charge in [0.15, 0.2) is 0 Å². The van der Waals surface area contributed by atoms with Crippen LogP contribution in [0.2, 0.25) is 0 Å². The van der Waals surface area contributed by atoms with Crippen molar-refractivity contribution in [1.82, 2.24) is 14.9 Å². The second-order valence-corrected chi connectivity index (χ2v) is 2.93. The van der Waals surface area contributed by atoms with Crippen LogP contribution >= 0.6 is 0 Å². The van der Waals surface area contributed by atoms with E-state index in [0.717, 1.165) is 0 Å². The van der Waals surface area contributed by atoms with Gasteiger partial charge in [0.2, 0.25) is 5.91 Å². The van der Waals surface area contributed by atoms with Crippen LogP contribution in [-0.2, 0) is 11.3 Å². The molecule has 0 aliphatic heterocycles. The Balaban J connectivity index is 2.33. The van der Waals surface area contributed by atoms with Gasteiger partial charge in [0, 0.05) is 25.0 Å². The summed E-state index contributed by atoms with van der Waals surface area (Å²) in [6.07, 6.45) is 5.27. The molecule has 1 rings (SSSR count). The summed E-state index contributed by atoms with van der Waals surface area (Å²) >= 11 is 0. The van der Waals surface area contributed by atoms with Crippen LogP contribution in [0.5, 0.6) is 0 Å². The fraction of sp³-hybridized carbons (Fsp3) is 0.500. The zero-order valence-electron chi connectivity index (χ0n) is 7.60.